The van der Waals surface area contributed by atoms with E-state index in [-0.39, 0.29) is 6.42 Å². The molecule has 0 aliphatic carbocycles. The van der Waals surface area contributed by atoms with Crippen LogP contribution in [0, 0.1) is 29.1 Å². The average molecular weight is 443 g/mol. The Balaban J connectivity index is 2.27. The van der Waals surface area contributed by atoms with Crippen LogP contribution in [0.5, 0.6) is 0 Å². The summed E-state index contributed by atoms with van der Waals surface area (Å²) >= 11 is 0. The molecule has 0 fully saturated rings. The normalized spacial score (nSPS) is 12.1. The molecule has 0 radical (unpaired) electrons. The third-order valence-electron chi connectivity index (χ3n) is 4.75. The lowest BCUT2D eigenvalue weighted by Gasteiger charge is -2.31. The van der Waals surface area contributed by atoms with E-state index in [1.165, 1.54) is 0 Å². The van der Waals surface area contributed by atoms with Gasteiger partial charge in [0.25, 0.3) is 5.97 Å². The van der Waals surface area contributed by atoms with Crippen LogP contribution in [0.2, 0.25) is 0 Å². The first-order valence-corrected chi connectivity index (χ1v) is 11.0. The topological polar surface area (TPSA) is 27.7 Å². The Morgan fingerprint density at radius 3 is 1.52 bits per heavy atom. The molecule has 0 aliphatic heterocycles. The number of ether oxygens (including phenoxy) is 2. The highest BCUT2D eigenvalue weighted by atomic mass is 28.2. The second kappa shape index (κ2) is 13.3. The largest absolute Gasteiger partial charge is 0.380 e. The van der Waals surface area contributed by atoms with Crippen LogP contribution in [-0.4, -0.2) is 29.7 Å². The van der Waals surface area contributed by atoms with Crippen molar-refractivity contribution in [2.45, 2.75) is 77.6 Å². The van der Waals surface area contributed by atoms with Gasteiger partial charge in [-0.1, -0.05) is 32.1 Å². The van der Waals surface area contributed by atoms with E-state index in [1.54, 1.807) is 0 Å². The third-order valence-corrected chi connectivity index (χ3v) is 5.37. The molecule has 0 saturated carbocycles. The molecule has 3 nitrogen and oxygen atoms in total. The Hall–Kier alpha value is -1.03. The van der Waals surface area contributed by atoms with Crippen molar-refractivity contribution in [1.29, 1.82) is 0 Å². The molecule has 1 aromatic rings. The smallest absolute Gasteiger partial charge is 0.272 e. The lowest BCUT2D eigenvalue weighted by Crippen LogP contribution is -2.38. The van der Waals surface area contributed by atoms with Gasteiger partial charge in [-0.3, -0.25) is 0 Å². The molecular formula is C20H31F5O3Si. The van der Waals surface area contributed by atoms with Crippen molar-refractivity contribution >= 4 is 10.5 Å². The van der Waals surface area contributed by atoms with Crippen molar-refractivity contribution in [1.82, 2.24) is 0 Å². The first-order valence-electron chi connectivity index (χ1n) is 10.2. The fraction of sp³-hybridized carbons (Fsp3) is 0.700. The quantitative estimate of drug-likeness (QED) is 0.0948. The predicted molar refractivity (Wildman–Crippen MR) is 104 cm³/mol. The van der Waals surface area contributed by atoms with Crippen molar-refractivity contribution in [3.63, 3.8) is 0 Å². The SMILES string of the molecule is CCOC(CCCCCCCCCc1c(F)c(F)c(F)c(F)c1F)(O[SiH3])OCC. The van der Waals surface area contributed by atoms with Crippen molar-refractivity contribution in [2.75, 3.05) is 13.2 Å². The molecule has 0 unspecified atom stereocenters. The third kappa shape index (κ3) is 7.62. The van der Waals surface area contributed by atoms with Crippen LogP contribution in [0.25, 0.3) is 0 Å². The van der Waals surface area contributed by atoms with Gasteiger partial charge in [0.05, 0.1) is 0 Å². The van der Waals surface area contributed by atoms with E-state index in [1.807, 2.05) is 13.8 Å². The van der Waals surface area contributed by atoms with Crippen LogP contribution in [0.3, 0.4) is 0 Å². The van der Waals surface area contributed by atoms with Gasteiger partial charge in [0.15, 0.2) is 33.8 Å². The van der Waals surface area contributed by atoms with Crippen molar-refractivity contribution < 1.29 is 35.9 Å². The Labute approximate surface area is 172 Å². The average Bonchev–Trinajstić information content (AvgIpc) is 2.71. The van der Waals surface area contributed by atoms with Gasteiger partial charge in [-0.25, -0.2) is 22.0 Å². The maximum Gasteiger partial charge on any atom is 0.272 e. The fourth-order valence-corrected chi connectivity index (χ4v) is 3.68. The Morgan fingerprint density at radius 2 is 1.07 bits per heavy atom. The van der Waals surface area contributed by atoms with E-state index in [0.717, 1.165) is 32.1 Å². The fourth-order valence-electron chi connectivity index (χ4n) is 3.24. The highest BCUT2D eigenvalue weighted by Crippen LogP contribution is 2.25. The van der Waals surface area contributed by atoms with Gasteiger partial charge >= 0.3 is 0 Å². The maximum atomic E-state index is 13.6. The Morgan fingerprint density at radius 1 is 0.655 bits per heavy atom. The standard InChI is InChI=1S/C20H31F5O3Si/c1-3-26-20(28-29,27-4-2)13-11-9-7-5-6-8-10-12-14-15(21)17(23)19(25)18(24)16(14)22/h3-13H2,1-2,29H3. The number of rotatable bonds is 15. The molecule has 9 heteroatoms. The molecule has 0 bridgehead atoms. The van der Waals surface area contributed by atoms with Crippen molar-refractivity contribution in [3.05, 3.63) is 34.6 Å². The van der Waals surface area contributed by atoms with Crippen molar-refractivity contribution in [3.8, 4) is 0 Å². The summed E-state index contributed by atoms with van der Waals surface area (Å²) in [6.07, 6.45) is 6.07. The van der Waals surface area contributed by atoms with Crippen LogP contribution in [-0.2, 0) is 20.3 Å². The van der Waals surface area contributed by atoms with Crippen molar-refractivity contribution in [2.24, 2.45) is 0 Å². The molecule has 29 heavy (non-hydrogen) atoms. The highest BCUT2D eigenvalue weighted by molar-refractivity contribution is 5.98. The summed E-state index contributed by atoms with van der Waals surface area (Å²) < 4.78 is 83.3. The molecule has 0 heterocycles. The van der Waals surface area contributed by atoms with E-state index in [2.05, 4.69) is 0 Å². The van der Waals surface area contributed by atoms with Crippen LogP contribution in [0.15, 0.2) is 0 Å². The Bertz CT molecular complexity index is 596. The van der Waals surface area contributed by atoms with Gasteiger partial charge in [0.2, 0.25) is 5.82 Å². The predicted octanol–water partition coefficient (Wildman–Crippen LogP) is 5.07. The maximum absolute atomic E-state index is 13.6. The number of unbranched alkanes of at least 4 members (excludes halogenated alkanes) is 6. The van der Waals surface area contributed by atoms with E-state index >= 15 is 0 Å². The first kappa shape index (κ1) is 26.0. The first-order chi connectivity index (χ1) is 13.8. The highest BCUT2D eigenvalue weighted by Gasteiger charge is 2.30. The summed E-state index contributed by atoms with van der Waals surface area (Å²) in [5.41, 5.74) is -0.729. The Kier molecular flexibility index (Phi) is 11.9. The minimum absolute atomic E-state index is 0.172. The summed E-state index contributed by atoms with van der Waals surface area (Å²) in [5, 5.41) is 0. The van der Waals surface area contributed by atoms with Crippen LogP contribution >= 0.6 is 0 Å². The lowest BCUT2D eigenvalue weighted by molar-refractivity contribution is -0.344. The zero-order valence-corrected chi connectivity index (χ0v) is 19.4. The van der Waals surface area contributed by atoms with Gasteiger partial charge in [-0.2, -0.15) is 0 Å². The van der Waals surface area contributed by atoms with E-state index in [4.69, 9.17) is 13.9 Å². The summed E-state index contributed by atoms with van der Waals surface area (Å²) in [6, 6.07) is 0. The molecule has 168 valence electrons. The van der Waals surface area contributed by atoms with Crippen LogP contribution < -0.4 is 0 Å². The molecule has 1 rings (SSSR count). The molecule has 0 atom stereocenters. The van der Waals surface area contributed by atoms with E-state index in [0.29, 0.717) is 43.0 Å². The zero-order chi connectivity index (χ0) is 21.9. The molecule has 0 N–H and O–H groups in total. The minimum Gasteiger partial charge on any atom is -0.380 e. The molecule has 0 amide bonds. The zero-order valence-electron chi connectivity index (χ0n) is 17.4. The number of halogens is 5. The van der Waals surface area contributed by atoms with E-state index in [9.17, 15) is 22.0 Å². The van der Waals surface area contributed by atoms with Gasteiger partial charge < -0.3 is 13.9 Å². The van der Waals surface area contributed by atoms with Gasteiger partial charge in [0, 0.05) is 25.2 Å². The van der Waals surface area contributed by atoms with Crippen LogP contribution in [0.4, 0.5) is 22.0 Å². The summed E-state index contributed by atoms with van der Waals surface area (Å²) in [4.78, 5) is 0. The molecule has 0 saturated heterocycles. The summed E-state index contributed by atoms with van der Waals surface area (Å²) in [7, 11) is 0.510. The van der Waals surface area contributed by atoms with Crippen LogP contribution in [0.1, 0.15) is 70.8 Å². The number of benzene rings is 1. The number of hydrogen-bond acceptors (Lipinski definition) is 3. The summed E-state index contributed by atoms with van der Waals surface area (Å²) in [6.45, 7) is 4.79. The molecule has 0 spiro atoms. The molecule has 1 aromatic carbocycles. The second-order valence-electron chi connectivity index (χ2n) is 6.78. The number of hydrogen-bond donors (Lipinski definition) is 0. The summed E-state index contributed by atoms with van der Waals surface area (Å²) in [5.74, 6) is -10.3. The van der Waals surface area contributed by atoms with Gasteiger partial charge in [-0.15, -0.1) is 0 Å². The molecule has 0 aromatic heterocycles. The van der Waals surface area contributed by atoms with Gasteiger partial charge in [0.1, 0.15) is 0 Å². The monoisotopic (exact) mass is 442 g/mol. The minimum atomic E-state index is -2.11. The lowest BCUT2D eigenvalue weighted by atomic mass is 10.0. The van der Waals surface area contributed by atoms with E-state index < -0.39 is 40.6 Å². The second-order valence-corrected chi connectivity index (χ2v) is 7.18. The molecular weight excluding hydrogens is 411 g/mol. The molecule has 0 aliphatic rings. The van der Waals surface area contributed by atoms with Gasteiger partial charge in [-0.05, 0) is 33.1 Å².